The van der Waals surface area contributed by atoms with Gasteiger partial charge in [-0.3, -0.25) is 0 Å². The maximum Gasteiger partial charge on any atom is 0.349 e. The van der Waals surface area contributed by atoms with E-state index >= 15 is 0 Å². The Morgan fingerprint density at radius 1 is 1.50 bits per heavy atom. The summed E-state index contributed by atoms with van der Waals surface area (Å²) in [6.07, 6.45) is -0.625. The molecular formula is C8H15NO3. The number of carbonyl (C=O) groups excluding carboxylic acids is 1. The summed E-state index contributed by atoms with van der Waals surface area (Å²) in [4.78, 5) is 15.8. The monoisotopic (exact) mass is 173 g/mol. The van der Waals surface area contributed by atoms with Gasteiger partial charge in [-0.1, -0.05) is 5.16 Å². The third-order valence-corrected chi connectivity index (χ3v) is 1.01. The molecule has 4 nitrogen and oxygen atoms in total. The second-order valence-electron chi connectivity index (χ2n) is 2.54. The summed E-state index contributed by atoms with van der Waals surface area (Å²) in [5, 5.41) is 3.64. The molecule has 0 aliphatic carbocycles. The van der Waals surface area contributed by atoms with Gasteiger partial charge in [0.25, 0.3) is 0 Å². The molecule has 0 aromatic rings. The lowest BCUT2D eigenvalue weighted by Crippen LogP contribution is -2.21. The smallest absolute Gasteiger partial charge is 0.349 e. The zero-order valence-electron chi connectivity index (χ0n) is 7.96. The Balaban J connectivity index is 3.79. The van der Waals surface area contributed by atoms with Gasteiger partial charge >= 0.3 is 5.97 Å². The van der Waals surface area contributed by atoms with Gasteiger partial charge in [0.05, 0.1) is 12.3 Å². The van der Waals surface area contributed by atoms with Crippen LogP contribution in [0.3, 0.4) is 0 Å². The summed E-state index contributed by atoms with van der Waals surface area (Å²) in [5.74, 6) is -0.387. The second kappa shape index (κ2) is 5.57. The Labute approximate surface area is 72.5 Å². The van der Waals surface area contributed by atoms with Crippen LogP contribution in [0.15, 0.2) is 5.16 Å². The Morgan fingerprint density at radius 3 is 2.50 bits per heavy atom. The van der Waals surface area contributed by atoms with Gasteiger partial charge in [-0.25, -0.2) is 4.79 Å². The molecule has 1 atom stereocenters. The fourth-order valence-electron chi connectivity index (χ4n) is 0.487. The van der Waals surface area contributed by atoms with Gasteiger partial charge < -0.3 is 9.57 Å². The molecule has 0 amide bonds. The molecule has 0 rings (SSSR count). The summed E-state index contributed by atoms with van der Waals surface area (Å²) in [6, 6.07) is 0. The first kappa shape index (κ1) is 10.9. The Bertz CT molecular complexity index is 173. The minimum absolute atomic E-state index is 0.362. The van der Waals surface area contributed by atoms with Gasteiger partial charge in [0.1, 0.15) is 0 Å². The number of ether oxygens (including phenoxy) is 1. The van der Waals surface area contributed by atoms with Crippen molar-refractivity contribution in [1.29, 1.82) is 0 Å². The number of hydrogen-bond donors (Lipinski definition) is 0. The topological polar surface area (TPSA) is 47.9 Å². The van der Waals surface area contributed by atoms with Crippen molar-refractivity contribution in [3.05, 3.63) is 0 Å². The van der Waals surface area contributed by atoms with E-state index < -0.39 is 6.10 Å². The molecule has 0 aliphatic rings. The molecule has 0 saturated heterocycles. The van der Waals surface area contributed by atoms with Crippen molar-refractivity contribution >= 4 is 11.7 Å². The first-order chi connectivity index (χ1) is 5.57. The highest BCUT2D eigenvalue weighted by molar-refractivity contribution is 5.79. The molecule has 0 N–H and O–H groups in total. The summed E-state index contributed by atoms with van der Waals surface area (Å²) in [7, 11) is 0. The van der Waals surface area contributed by atoms with Gasteiger partial charge in [0.15, 0.2) is 0 Å². The molecule has 0 heterocycles. The van der Waals surface area contributed by atoms with Crippen LogP contribution in [0.4, 0.5) is 0 Å². The number of esters is 1. The average Bonchev–Trinajstić information content (AvgIpc) is 2.00. The van der Waals surface area contributed by atoms with Gasteiger partial charge in [-0.2, -0.15) is 0 Å². The van der Waals surface area contributed by atoms with E-state index in [0.717, 1.165) is 5.71 Å². The molecule has 0 fully saturated rings. The standard InChI is InChI=1S/C8H15NO3/c1-5-11-8(10)7(4)12-9-6(2)3/h7H,5H2,1-4H3. The van der Waals surface area contributed by atoms with Crippen LogP contribution in [0.25, 0.3) is 0 Å². The summed E-state index contributed by atoms with van der Waals surface area (Å²) < 4.78 is 4.70. The minimum Gasteiger partial charge on any atom is -0.463 e. The van der Waals surface area contributed by atoms with Crippen LogP contribution >= 0.6 is 0 Å². The Hall–Kier alpha value is -1.06. The van der Waals surface area contributed by atoms with Gasteiger partial charge in [-0.05, 0) is 27.7 Å². The minimum atomic E-state index is -0.625. The number of nitrogens with zero attached hydrogens (tertiary/aromatic N) is 1. The fourth-order valence-corrected chi connectivity index (χ4v) is 0.487. The van der Waals surface area contributed by atoms with E-state index in [1.165, 1.54) is 0 Å². The summed E-state index contributed by atoms with van der Waals surface area (Å²) >= 11 is 0. The van der Waals surface area contributed by atoms with Crippen molar-refractivity contribution in [2.75, 3.05) is 6.61 Å². The van der Waals surface area contributed by atoms with Crippen LogP contribution in [0, 0.1) is 0 Å². The third-order valence-electron chi connectivity index (χ3n) is 1.01. The molecular weight excluding hydrogens is 158 g/mol. The van der Waals surface area contributed by atoms with Crippen molar-refractivity contribution in [2.24, 2.45) is 5.16 Å². The predicted octanol–water partition coefficient (Wildman–Crippen LogP) is 1.35. The maximum atomic E-state index is 10.9. The third kappa shape index (κ3) is 4.71. The molecule has 70 valence electrons. The molecule has 1 unspecified atom stereocenters. The fraction of sp³-hybridized carbons (Fsp3) is 0.750. The molecule has 0 aromatic heterocycles. The van der Waals surface area contributed by atoms with Crippen LogP contribution in [-0.2, 0) is 14.4 Å². The lowest BCUT2D eigenvalue weighted by atomic mass is 10.4. The van der Waals surface area contributed by atoms with Crippen molar-refractivity contribution in [3.63, 3.8) is 0 Å². The van der Waals surface area contributed by atoms with E-state index in [4.69, 9.17) is 9.57 Å². The molecule has 0 bridgehead atoms. The molecule has 0 saturated carbocycles. The van der Waals surface area contributed by atoms with Crippen molar-refractivity contribution < 1.29 is 14.4 Å². The summed E-state index contributed by atoms with van der Waals surface area (Å²) in [6.45, 7) is 7.29. The van der Waals surface area contributed by atoms with E-state index in [1.807, 2.05) is 0 Å². The first-order valence-corrected chi connectivity index (χ1v) is 3.91. The van der Waals surface area contributed by atoms with Gasteiger partial charge in [0, 0.05) is 0 Å². The number of hydrogen-bond acceptors (Lipinski definition) is 4. The van der Waals surface area contributed by atoms with Crippen LogP contribution < -0.4 is 0 Å². The second-order valence-corrected chi connectivity index (χ2v) is 2.54. The summed E-state index contributed by atoms with van der Waals surface area (Å²) in [5.41, 5.74) is 0.770. The molecule has 0 aliphatic heterocycles. The van der Waals surface area contributed by atoms with Crippen LogP contribution in [0.5, 0.6) is 0 Å². The molecule has 4 heteroatoms. The average molecular weight is 173 g/mol. The maximum absolute atomic E-state index is 10.9. The van der Waals surface area contributed by atoms with E-state index in [-0.39, 0.29) is 5.97 Å². The highest BCUT2D eigenvalue weighted by atomic mass is 16.7. The largest absolute Gasteiger partial charge is 0.463 e. The lowest BCUT2D eigenvalue weighted by Gasteiger charge is -2.07. The van der Waals surface area contributed by atoms with Crippen LogP contribution in [0.2, 0.25) is 0 Å². The highest BCUT2D eigenvalue weighted by Gasteiger charge is 2.14. The van der Waals surface area contributed by atoms with Gasteiger partial charge in [0.2, 0.25) is 6.10 Å². The Kier molecular flexibility index (Phi) is 5.08. The van der Waals surface area contributed by atoms with Crippen molar-refractivity contribution in [3.8, 4) is 0 Å². The van der Waals surface area contributed by atoms with Crippen LogP contribution in [-0.4, -0.2) is 24.4 Å². The lowest BCUT2D eigenvalue weighted by molar-refractivity contribution is -0.155. The molecule has 12 heavy (non-hydrogen) atoms. The van der Waals surface area contributed by atoms with Crippen LogP contribution in [0.1, 0.15) is 27.7 Å². The molecule has 0 spiro atoms. The zero-order chi connectivity index (χ0) is 9.56. The normalized spacial score (nSPS) is 11.7. The van der Waals surface area contributed by atoms with Crippen molar-refractivity contribution in [2.45, 2.75) is 33.8 Å². The van der Waals surface area contributed by atoms with E-state index in [1.54, 1.807) is 27.7 Å². The Morgan fingerprint density at radius 2 is 2.08 bits per heavy atom. The zero-order valence-corrected chi connectivity index (χ0v) is 7.96. The van der Waals surface area contributed by atoms with E-state index in [9.17, 15) is 4.79 Å². The number of oxime groups is 1. The molecule has 0 aromatic carbocycles. The highest BCUT2D eigenvalue weighted by Crippen LogP contribution is 1.95. The SMILES string of the molecule is CCOC(=O)C(C)ON=C(C)C. The quantitative estimate of drug-likeness (QED) is 0.366. The van der Waals surface area contributed by atoms with E-state index in [2.05, 4.69) is 5.16 Å². The predicted molar refractivity (Wildman–Crippen MR) is 46.0 cm³/mol. The number of rotatable bonds is 4. The van der Waals surface area contributed by atoms with E-state index in [0.29, 0.717) is 6.61 Å². The number of carbonyl (C=O) groups is 1. The van der Waals surface area contributed by atoms with Crippen molar-refractivity contribution in [1.82, 2.24) is 0 Å². The molecule has 0 radical (unpaired) electrons. The first-order valence-electron chi connectivity index (χ1n) is 3.91. The van der Waals surface area contributed by atoms with Gasteiger partial charge in [-0.15, -0.1) is 0 Å².